The first kappa shape index (κ1) is 14.1. The normalized spacial score (nSPS) is 13.0. The molecule has 0 bridgehead atoms. The maximum Gasteiger partial charge on any atom is 0.323 e. The molecule has 3 amide bonds. The molecule has 0 saturated carbocycles. The lowest BCUT2D eigenvalue weighted by Crippen LogP contribution is -2.20. The van der Waals surface area contributed by atoms with Crippen LogP contribution in [0.1, 0.15) is 11.1 Å². The molecule has 22 heavy (non-hydrogen) atoms. The molecule has 0 unspecified atom stereocenters. The predicted molar refractivity (Wildman–Crippen MR) is 87.4 cm³/mol. The van der Waals surface area contributed by atoms with E-state index in [4.69, 9.17) is 0 Å². The number of likely N-dealkylation sites (N-methyl/N-ethyl adjacent to an activating group) is 1. The molecule has 5 heteroatoms. The van der Waals surface area contributed by atoms with Gasteiger partial charge in [0.15, 0.2) is 0 Å². The molecule has 5 nitrogen and oxygen atoms in total. The highest BCUT2D eigenvalue weighted by Crippen LogP contribution is 2.29. The van der Waals surface area contributed by atoms with Gasteiger partial charge in [0.25, 0.3) is 0 Å². The van der Waals surface area contributed by atoms with Crippen LogP contribution in [0.25, 0.3) is 0 Å². The second-order valence-electron chi connectivity index (χ2n) is 5.42. The van der Waals surface area contributed by atoms with Crippen molar-refractivity contribution in [3.05, 3.63) is 53.6 Å². The molecule has 0 fully saturated rings. The van der Waals surface area contributed by atoms with Gasteiger partial charge in [-0.05, 0) is 48.4 Å². The number of carbonyl (C=O) groups excluding carboxylic acids is 2. The molecule has 1 heterocycles. The van der Waals surface area contributed by atoms with E-state index in [1.54, 1.807) is 18.0 Å². The summed E-state index contributed by atoms with van der Waals surface area (Å²) >= 11 is 0. The van der Waals surface area contributed by atoms with Crippen LogP contribution in [0.5, 0.6) is 0 Å². The Morgan fingerprint density at radius 2 is 1.82 bits per heavy atom. The van der Waals surface area contributed by atoms with Crippen molar-refractivity contribution in [2.45, 2.75) is 13.3 Å². The standard InChI is InChI=1S/C17H17N3O2/c1-11-4-3-5-13(8-11)18-17(22)19-14-6-7-15-12(9-14)10-16(21)20(15)2/h3-9H,10H2,1-2H3,(H2,18,19,22). The van der Waals surface area contributed by atoms with Crippen molar-refractivity contribution in [1.82, 2.24) is 0 Å². The number of fused-ring (bicyclic) bond motifs is 1. The van der Waals surface area contributed by atoms with Crippen LogP contribution in [0.15, 0.2) is 42.5 Å². The summed E-state index contributed by atoms with van der Waals surface area (Å²) in [7, 11) is 1.76. The Kier molecular flexibility index (Phi) is 3.55. The van der Waals surface area contributed by atoms with E-state index in [2.05, 4.69) is 10.6 Å². The molecule has 0 aliphatic carbocycles. The van der Waals surface area contributed by atoms with Crippen molar-refractivity contribution < 1.29 is 9.59 Å². The Labute approximate surface area is 128 Å². The van der Waals surface area contributed by atoms with Crippen molar-refractivity contribution in [3.63, 3.8) is 0 Å². The fourth-order valence-corrected chi connectivity index (χ4v) is 2.56. The second-order valence-corrected chi connectivity index (χ2v) is 5.42. The Morgan fingerprint density at radius 1 is 1.09 bits per heavy atom. The number of nitrogens with one attached hydrogen (secondary N) is 2. The quantitative estimate of drug-likeness (QED) is 0.894. The molecule has 0 radical (unpaired) electrons. The fraction of sp³-hybridized carbons (Fsp3) is 0.176. The van der Waals surface area contributed by atoms with Gasteiger partial charge in [0, 0.05) is 24.1 Å². The number of carbonyl (C=O) groups is 2. The smallest absolute Gasteiger partial charge is 0.315 e. The number of rotatable bonds is 2. The molecule has 2 N–H and O–H groups in total. The Morgan fingerprint density at radius 3 is 2.55 bits per heavy atom. The number of aryl methyl sites for hydroxylation is 1. The van der Waals surface area contributed by atoms with E-state index in [1.807, 2.05) is 43.3 Å². The second kappa shape index (κ2) is 5.52. The van der Waals surface area contributed by atoms with Gasteiger partial charge in [-0.1, -0.05) is 12.1 Å². The average molecular weight is 295 g/mol. The van der Waals surface area contributed by atoms with E-state index in [-0.39, 0.29) is 11.9 Å². The number of benzene rings is 2. The van der Waals surface area contributed by atoms with Gasteiger partial charge in [-0.2, -0.15) is 0 Å². The number of nitrogens with zero attached hydrogens (tertiary/aromatic N) is 1. The van der Waals surface area contributed by atoms with Gasteiger partial charge < -0.3 is 15.5 Å². The van der Waals surface area contributed by atoms with Crippen molar-refractivity contribution in [3.8, 4) is 0 Å². The molecule has 1 aliphatic heterocycles. The van der Waals surface area contributed by atoms with Crippen LogP contribution in [-0.4, -0.2) is 19.0 Å². The molecule has 1 aliphatic rings. The summed E-state index contributed by atoms with van der Waals surface area (Å²) in [6.45, 7) is 1.97. The van der Waals surface area contributed by atoms with Crippen LogP contribution in [-0.2, 0) is 11.2 Å². The van der Waals surface area contributed by atoms with Gasteiger partial charge >= 0.3 is 6.03 Å². The minimum absolute atomic E-state index is 0.0661. The molecule has 2 aromatic rings. The van der Waals surface area contributed by atoms with E-state index in [0.29, 0.717) is 12.1 Å². The monoisotopic (exact) mass is 295 g/mol. The average Bonchev–Trinajstić information content (AvgIpc) is 2.73. The summed E-state index contributed by atoms with van der Waals surface area (Å²) in [6, 6.07) is 12.8. The summed E-state index contributed by atoms with van der Waals surface area (Å²) < 4.78 is 0. The largest absolute Gasteiger partial charge is 0.323 e. The highest BCUT2D eigenvalue weighted by Gasteiger charge is 2.23. The third kappa shape index (κ3) is 2.79. The van der Waals surface area contributed by atoms with Crippen LogP contribution in [0.4, 0.5) is 21.9 Å². The zero-order valence-corrected chi connectivity index (χ0v) is 12.5. The topological polar surface area (TPSA) is 61.4 Å². The first-order valence-electron chi connectivity index (χ1n) is 7.07. The third-order valence-corrected chi connectivity index (χ3v) is 3.69. The molecular weight excluding hydrogens is 278 g/mol. The van der Waals surface area contributed by atoms with Crippen LogP contribution in [0.2, 0.25) is 0 Å². The van der Waals surface area contributed by atoms with Crippen LogP contribution < -0.4 is 15.5 Å². The lowest BCUT2D eigenvalue weighted by Gasteiger charge is -2.12. The maximum absolute atomic E-state index is 12.0. The zero-order chi connectivity index (χ0) is 15.7. The van der Waals surface area contributed by atoms with Crippen molar-refractivity contribution in [2.24, 2.45) is 0 Å². The summed E-state index contributed by atoms with van der Waals surface area (Å²) in [4.78, 5) is 25.3. The molecular formula is C17H17N3O2. The van der Waals surface area contributed by atoms with E-state index >= 15 is 0 Å². The van der Waals surface area contributed by atoms with Crippen LogP contribution in [0, 0.1) is 6.92 Å². The predicted octanol–water partition coefficient (Wildman–Crippen LogP) is 3.16. The minimum Gasteiger partial charge on any atom is -0.315 e. The van der Waals surface area contributed by atoms with Crippen LogP contribution >= 0.6 is 0 Å². The molecule has 0 atom stereocenters. The SMILES string of the molecule is Cc1cccc(NC(=O)Nc2ccc3c(c2)CC(=O)N3C)c1. The van der Waals surface area contributed by atoms with E-state index in [9.17, 15) is 9.59 Å². The van der Waals surface area contributed by atoms with Crippen molar-refractivity contribution in [1.29, 1.82) is 0 Å². The summed E-state index contributed by atoms with van der Waals surface area (Å²) in [5.41, 5.74) is 4.33. The lowest BCUT2D eigenvalue weighted by atomic mass is 10.1. The number of hydrogen-bond donors (Lipinski definition) is 2. The Balaban J connectivity index is 1.70. The number of urea groups is 1. The first-order chi connectivity index (χ1) is 10.5. The zero-order valence-electron chi connectivity index (χ0n) is 12.5. The lowest BCUT2D eigenvalue weighted by molar-refractivity contribution is -0.117. The van der Waals surface area contributed by atoms with E-state index in [0.717, 1.165) is 22.5 Å². The fourth-order valence-electron chi connectivity index (χ4n) is 2.56. The van der Waals surface area contributed by atoms with Gasteiger partial charge in [0.1, 0.15) is 0 Å². The maximum atomic E-state index is 12.0. The molecule has 0 saturated heterocycles. The Hall–Kier alpha value is -2.82. The van der Waals surface area contributed by atoms with Gasteiger partial charge in [0.05, 0.1) is 6.42 Å². The molecule has 0 aromatic heterocycles. The highest BCUT2D eigenvalue weighted by molar-refractivity contribution is 6.03. The third-order valence-electron chi connectivity index (χ3n) is 3.69. The number of anilines is 3. The molecule has 2 aromatic carbocycles. The summed E-state index contributed by atoms with van der Waals surface area (Å²) in [5.74, 6) is 0.0661. The van der Waals surface area contributed by atoms with Gasteiger partial charge in [0.2, 0.25) is 5.91 Å². The number of hydrogen-bond acceptors (Lipinski definition) is 2. The molecule has 112 valence electrons. The molecule has 3 rings (SSSR count). The first-order valence-corrected chi connectivity index (χ1v) is 7.07. The van der Waals surface area contributed by atoms with Gasteiger partial charge in [-0.15, -0.1) is 0 Å². The van der Waals surface area contributed by atoms with E-state index < -0.39 is 0 Å². The van der Waals surface area contributed by atoms with Gasteiger partial charge in [-0.3, -0.25) is 4.79 Å². The number of amides is 3. The molecule has 0 spiro atoms. The Bertz CT molecular complexity index is 755. The van der Waals surface area contributed by atoms with Crippen LogP contribution in [0.3, 0.4) is 0 Å². The van der Waals surface area contributed by atoms with Crippen molar-refractivity contribution >= 4 is 29.0 Å². The minimum atomic E-state index is -0.303. The van der Waals surface area contributed by atoms with Gasteiger partial charge in [-0.25, -0.2) is 4.79 Å². The highest BCUT2D eigenvalue weighted by atomic mass is 16.2. The van der Waals surface area contributed by atoms with E-state index in [1.165, 1.54) is 0 Å². The summed E-state index contributed by atoms with van der Waals surface area (Å²) in [5, 5.41) is 5.58. The van der Waals surface area contributed by atoms with Crippen molar-refractivity contribution in [2.75, 3.05) is 22.6 Å². The summed E-state index contributed by atoms with van der Waals surface area (Å²) in [6.07, 6.45) is 0.376.